The highest BCUT2D eigenvalue weighted by molar-refractivity contribution is 6.46. The van der Waals surface area contributed by atoms with Crippen LogP contribution in [0, 0.1) is 0 Å². The van der Waals surface area contributed by atoms with E-state index < -0.39 is 11.7 Å². The Labute approximate surface area is 153 Å². The molecule has 0 aromatic heterocycles. The Hall–Kier alpha value is -3.15. The maximum Gasteiger partial charge on any atom is 0.318 e. The summed E-state index contributed by atoms with van der Waals surface area (Å²) in [7, 11) is 1.52. The number of carbonyl (C=O) groups excluding carboxylic acids is 3. The normalized spacial score (nSPS) is 10.8. The molecule has 0 aliphatic heterocycles. The van der Waals surface area contributed by atoms with Gasteiger partial charge in [0.1, 0.15) is 0 Å². The van der Waals surface area contributed by atoms with E-state index in [2.05, 4.69) is 36.7 Å². The minimum absolute atomic E-state index is 0.0195. The molecule has 0 unspecified atom stereocenters. The molecule has 0 fully saturated rings. The van der Waals surface area contributed by atoms with Gasteiger partial charge in [0.2, 0.25) is 0 Å². The van der Waals surface area contributed by atoms with E-state index in [0.717, 1.165) is 5.56 Å². The third kappa shape index (κ3) is 4.92. The zero-order valence-electron chi connectivity index (χ0n) is 15.3. The maximum atomic E-state index is 12.3. The number of benzene rings is 2. The van der Waals surface area contributed by atoms with E-state index in [1.165, 1.54) is 7.05 Å². The van der Waals surface area contributed by atoms with Crippen LogP contribution in [-0.4, -0.2) is 24.8 Å². The molecule has 2 aromatic carbocycles. The third-order valence-corrected chi connectivity index (χ3v) is 3.85. The van der Waals surface area contributed by atoms with Gasteiger partial charge in [-0.2, -0.15) is 0 Å². The fourth-order valence-corrected chi connectivity index (χ4v) is 2.27. The quantitative estimate of drug-likeness (QED) is 0.580. The Bertz CT molecular complexity index is 804. The summed E-state index contributed by atoms with van der Waals surface area (Å²) in [5.74, 6) is -1.31. The van der Waals surface area contributed by atoms with Gasteiger partial charge >= 0.3 is 6.03 Å². The largest absolute Gasteiger partial charge is 0.341 e. The Morgan fingerprint density at radius 2 is 1.27 bits per heavy atom. The molecule has 0 heterocycles. The second-order valence-corrected chi connectivity index (χ2v) is 6.89. The predicted octanol–water partition coefficient (Wildman–Crippen LogP) is 3.56. The minimum atomic E-state index is -0.708. The molecule has 0 radical (unpaired) electrons. The lowest BCUT2D eigenvalue weighted by atomic mass is 9.86. The highest BCUT2D eigenvalue weighted by Gasteiger charge is 2.18. The molecule has 136 valence electrons. The summed E-state index contributed by atoms with van der Waals surface area (Å²) >= 11 is 0. The summed E-state index contributed by atoms with van der Waals surface area (Å²) < 4.78 is 0. The van der Waals surface area contributed by atoms with Crippen LogP contribution in [0.4, 0.5) is 16.2 Å². The number of anilines is 2. The molecule has 0 saturated heterocycles. The molecule has 2 rings (SSSR count). The van der Waals surface area contributed by atoms with E-state index >= 15 is 0 Å². The van der Waals surface area contributed by atoms with Crippen molar-refractivity contribution in [1.29, 1.82) is 0 Å². The van der Waals surface area contributed by atoms with Crippen LogP contribution in [0.5, 0.6) is 0 Å². The Kier molecular flexibility index (Phi) is 5.77. The summed E-state index contributed by atoms with van der Waals surface area (Å²) in [6.07, 6.45) is 0. The molecule has 3 N–H and O–H groups in total. The summed E-state index contributed by atoms with van der Waals surface area (Å²) in [6, 6.07) is 13.2. The summed E-state index contributed by atoms with van der Waals surface area (Å²) in [5, 5.41) is 7.61. The second-order valence-electron chi connectivity index (χ2n) is 6.89. The SMILES string of the molecule is CNC(=O)Nc1ccc(NC(=O)C(=O)c2ccc(C(C)(C)C)cc2)cc1. The zero-order valence-corrected chi connectivity index (χ0v) is 15.3. The molecular formula is C20H23N3O3. The van der Waals surface area contributed by atoms with Gasteiger partial charge in [0.25, 0.3) is 11.7 Å². The number of carbonyl (C=O) groups is 3. The van der Waals surface area contributed by atoms with Gasteiger partial charge in [0.15, 0.2) is 0 Å². The molecule has 2 aromatic rings. The standard InChI is InChI=1S/C20H23N3O3/c1-20(2,3)14-7-5-13(6-8-14)17(24)18(25)22-15-9-11-16(12-10-15)23-19(26)21-4/h5-12H,1-4H3,(H,22,25)(H2,21,23,26). The molecule has 0 atom stereocenters. The highest BCUT2D eigenvalue weighted by atomic mass is 16.2. The number of Topliss-reactive ketones (excluding diaryl/α,β-unsaturated/α-hetero) is 1. The highest BCUT2D eigenvalue weighted by Crippen LogP contribution is 2.22. The Morgan fingerprint density at radius 3 is 1.73 bits per heavy atom. The fraction of sp³-hybridized carbons (Fsp3) is 0.250. The van der Waals surface area contributed by atoms with E-state index in [1.54, 1.807) is 36.4 Å². The molecule has 6 nitrogen and oxygen atoms in total. The van der Waals surface area contributed by atoms with Gasteiger partial charge in [-0.3, -0.25) is 9.59 Å². The summed E-state index contributed by atoms with van der Waals surface area (Å²) in [6.45, 7) is 6.25. The van der Waals surface area contributed by atoms with Crippen molar-refractivity contribution in [1.82, 2.24) is 5.32 Å². The monoisotopic (exact) mass is 353 g/mol. The lowest BCUT2D eigenvalue weighted by Crippen LogP contribution is -2.24. The number of urea groups is 1. The number of ketones is 1. The van der Waals surface area contributed by atoms with Crippen LogP contribution in [0.3, 0.4) is 0 Å². The number of hydrogen-bond donors (Lipinski definition) is 3. The summed E-state index contributed by atoms with van der Waals surface area (Å²) in [5.41, 5.74) is 2.46. The smallest absolute Gasteiger partial charge is 0.318 e. The van der Waals surface area contributed by atoms with Crippen molar-refractivity contribution in [3.63, 3.8) is 0 Å². The lowest BCUT2D eigenvalue weighted by Gasteiger charge is -2.18. The fourth-order valence-electron chi connectivity index (χ4n) is 2.27. The van der Waals surface area contributed by atoms with Crippen molar-refractivity contribution < 1.29 is 14.4 Å². The van der Waals surface area contributed by atoms with Crippen LogP contribution in [0.15, 0.2) is 48.5 Å². The first-order valence-electron chi connectivity index (χ1n) is 8.26. The van der Waals surface area contributed by atoms with Crippen molar-refractivity contribution in [2.45, 2.75) is 26.2 Å². The van der Waals surface area contributed by atoms with Crippen LogP contribution < -0.4 is 16.0 Å². The average molecular weight is 353 g/mol. The molecule has 0 spiro atoms. The topological polar surface area (TPSA) is 87.3 Å². The van der Waals surface area contributed by atoms with Crippen LogP contribution in [-0.2, 0) is 10.2 Å². The number of hydrogen-bond acceptors (Lipinski definition) is 3. The van der Waals surface area contributed by atoms with Gasteiger partial charge in [-0.1, -0.05) is 45.0 Å². The van der Waals surface area contributed by atoms with E-state index in [0.29, 0.717) is 16.9 Å². The molecule has 3 amide bonds. The number of amides is 3. The summed E-state index contributed by atoms with van der Waals surface area (Å²) in [4.78, 5) is 35.7. The van der Waals surface area contributed by atoms with Gasteiger partial charge in [-0.25, -0.2) is 4.79 Å². The minimum Gasteiger partial charge on any atom is -0.341 e. The molecule has 0 saturated carbocycles. The van der Waals surface area contributed by atoms with Crippen LogP contribution >= 0.6 is 0 Å². The molecular weight excluding hydrogens is 330 g/mol. The van der Waals surface area contributed by atoms with Gasteiger partial charge < -0.3 is 16.0 Å². The van der Waals surface area contributed by atoms with Crippen molar-refractivity contribution in [3.05, 3.63) is 59.7 Å². The van der Waals surface area contributed by atoms with Gasteiger partial charge in [-0.05, 0) is 35.2 Å². The van der Waals surface area contributed by atoms with Gasteiger partial charge in [0.05, 0.1) is 0 Å². The Morgan fingerprint density at radius 1 is 0.769 bits per heavy atom. The van der Waals surface area contributed by atoms with E-state index in [-0.39, 0.29) is 11.4 Å². The molecule has 0 aliphatic carbocycles. The number of nitrogens with one attached hydrogen (secondary N) is 3. The Balaban J connectivity index is 2.02. The number of rotatable bonds is 4. The lowest BCUT2D eigenvalue weighted by molar-refractivity contribution is -0.112. The molecule has 0 bridgehead atoms. The van der Waals surface area contributed by atoms with Crippen LogP contribution in [0.25, 0.3) is 0 Å². The van der Waals surface area contributed by atoms with Crippen LogP contribution in [0.1, 0.15) is 36.7 Å². The van der Waals surface area contributed by atoms with Crippen LogP contribution in [0.2, 0.25) is 0 Å². The zero-order chi connectivity index (χ0) is 19.3. The molecule has 0 aliphatic rings. The van der Waals surface area contributed by atoms with E-state index in [1.807, 2.05) is 12.1 Å². The van der Waals surface area contributed by atoms with Crippen molar-refractivity contribution in [2.24, 2.45) is 0 Å². The van der Waals surface area contributed by atoms with E-state index in [4.69, 9.17) is 0 Å². The van der Waals surface area contributed by atoms with E-state index in [9.17, 15) is 14.4 Å². The predicted molar refractivity (Wildman–Crippen MR) is 103 cm³/mol. The first-order chi connectivity index (χ1) is 12.2. The third-order valence-electron chi connectivity index (χ3n) is 3.85. The molecule has 6 heteroatoms. The van der Waals surface area contributed by atoms with Crippen molar-refractivity contribution in [3.8, 4) is 0 Å². The first-order valence-corrected chi connectivity index (χ1v) is 8.26. The van der Waals surface area contributed by atoms with Gasteiger partial charge in [0, 0.05) is 24.0 Å². The first kappa shape index (κ1) is 19.2. The molecule has 26 heavy (non-hydrogen) atoms. The second kappa shape index (κ2) is 7.82. The maximum absolute atomic E-state index is 12.3. The average Bonchev–Trinajstić information content (AvgIpc) is 2.62. The van der Waals surface area contributed by atoms with Gasteiger partial charge in [-0.15, -0.1) is 0 Å². The van der Waals surface area contributed by atoms with Crippen molar-refractivity contribution >= 4 is 29.1 Å². The van der Waals surface area contributed by atoms with Crippen molar-refractivity contribution in [2.75, 3.05) is 17.7 Å².